The van der Waals surface area contributed by atoms with Crippen LogP contribution in [0, 0.1) is 6.92 Å². The summed E-state index contributed by atoms with van der Waals surface area (Å²) in [4.78, 5) is 12.9. The van der Waals surface area contributed by atoms with Crippen molar-refractivity contribution in [3.8, 4) is 11.5 Å². The van der Waals surface area contributed by atoms with Crippen LogP contribution in [0.25, 0.3) is 0 Å². The lowest BCUT2D eigenvalue weighted by molar-refractivity contribution is -0.120. The molecule has 0 aliphatic carbocycles. The van der Waals surface area contributed by atoms with Crippen LogP contribution in [-0.4, -0.2) is 40.3 Å². The molecule has 182 valence electrons. The van der Waals surface area contributed by atoms with Gasteiger partial charge < -0.3 is 14.8 Å². The Morgan fingerprint density at radius 1 is 1.06 bits per heavy atom. The van der Waals surface area contributed by atoms with Crippen molar-refractivity contribution in [2.24, 2.45) is 0 Å². The molecule has 2 aromatic rings. The van der Waals surface area contributed by atoms with Gasteiger partial charge in [0, 0.05) is 6.07 Å². The van der Waals surface area contributed by atoms with Crippen LogP contribution in [-0.2, 0) is 14.8 Å². The number of aryl methyl sites for hydroxylation is 1. The van der Waals surface area contributed by atoms with E-state index in [0.29, 0.717) is 11.4 Å². The summed E-state index contributed by atoms with van der Waals surface area (Å²) in [5, 5.41) is 2.94. The van der Waals surface area contributed by atoms with Gasteiger partial charge in [0.05, 0.1) is 31.2 Å². The molecular formula is C25H36N2O5S. The fourth-order valence-corrected chi connectivity index (χ4v) is 4.54. The smallest absolute Gasteiger partial charge is 0.241 e. The van der Waals surface area contributed by atoms with E-state index in [1.165, 1.54) is 0 Å². The summed E-state index contributed by atoms with van der Waals surface area (Å²) < 4.78 is 37.3. The quantitative estimate of drug-likeness (QED) is 0.543. The molecule has 1 N–H and O–H groups in total. The Bertz CT molecular complexity index is 1080. The summed E-state index contributed by atoms with van der Waals surface area (Å²) in [5.74, 6) is 1.21. The largest absolute Gasteiger partial charge is 0.496 e. The third-order valence-electron chi connectivity index (χ3n) is 5.25. The van der Waals surface area contributed by atoms with E-state index >= 15 is 0 Å². The number of benzene rings is 2. The van der Waals surface area contributed by atoms with Crippen molar-refractivity contribution in [1.29, 1.82) is 0 Å². The summed E-state index contributed by atoms with van der Waals surface area (Å²) in [6.07, 6.45) is 1.03. The molecule has 0 aliphatic rings. The lowest BCUT2D eigenvalue weighted by Gasteiger charge is -2.25. The average molecular weight is 477 g/mol. The Hall–Kier alpha value is -2.74. The number of methoxy groups -OCH3 is 1. The molecule has 0 heterocycles. The monoisotopic (exact) mass is 476 g/mol. The molecule has 0 saturated carbocycles. The number of amides is 1. The number of rotatable bonds is 10. The number of ether oxygens (including phenoxy) is 2. The fourth-order valence-electron chi connectivity index (χ4n) is 3.69. The van der Waals surface area contributed by atoms with Crippen molar-refractivity contribution < 1.29 is 22.7 Å². The Kier molecular flexibility index (Phi) is 8.77. The Morgan fingerprint density at radius 3 is 2.27 bits per heavy atom. The lowest BCUT2D eigenvalue weighted by atomic mass is 9.93. The van der Waals surface area contributed by atoms with Crippen molar-refractivity contribution in [3.05, 3.63) is 53.1 Å². The lowest BCUT2D eigenvalue weighted by Crippen LogP contribution is -2.41. The van der Waals surface area contributed by atoms with Gasteiger partial charge in [-0.15, -0.1) is 0 Å². The number of sulfonamides is 1. The molecule has 2 aromatic carbocycles. The average Bonchev–Trinajstić information content (AvgIpc) is 2.70. The van der Waals surface area contributed by atoms with Crippen LogP contribution in [0.2, 0.25) is 0 Å². The van der Waals surface area contributed by atoms with Gasteiger partial charge >= 0.3 is 0 Å². The van der Waals surface area contributed by atoms with Gasteiger partial charge in [-0.1, -0.05) is 19.9 Å². The highest BCUT2D eigenvalue weighted by Crippen LogP contribution is 2.32. The highest BCUT2D eigenvalue weighted by atomic mass is 32.2. The number of carbonyl (C=O) groups is 1. The van der Waals surface area contributed by atoms with E-state index in [9.17, 15) is 13.2 Å². The molecular weight excluding hydrogens is 440 g/mol. The fraction of sp³-hybridized carbons (Fsp3) is 0.480. The van der Waals surface area contributed by atoms with Gasteiger partial charge in [0.15, 0.2) is 0 Å². The van der Waals surface area contributed by atoms with Gasteiger partial charge in [-0.05, 0) is 74.6 Å². The van der Waals surface area contributed by atoms with Crippen molar-refractivity contribution in [3.63, 3.8) is 0 Å². The summed E-state index contributed by atoms with van der Waals surface area (Å²) in [7, 11) is -2.05. The molecule has 0 aliphatic heterocycles. The molecule has 0 radical (unpaired) electrons. The van der Waals surface area contributed by atoms with Crippen molar-refractivity contribution in [1.82, 2.24) is 5.32 Å². The van der Waals surface area contributed by atoms with Gasteiger partial charge in [0.1, 0.15) is 18.0 Å². The molecule has 1 atom stereocenters. The molecule has 0 saturated heterocycles. The first kappa shape index (κ1) is 26.5. The van der Waals surface area contributed by atoms with Crippen molar-refractivity contribution in [2.45, 2.75) is 59.6 Å². The van der Waals surface area contributed by atoms with E-state index in [1.54, 1.807) is 31.4 Å². The highest BCUT2D eigenvalue weighted by Gasteiger charge is 2.23. The predicted molar refractivity (Wildman–Crippen MR) is 133 cm³/mol. The number of carbonyl (C=O) groups excluding carboxylic acids is 1. The SMILES string of the molecule is COc1cc(C)c([C@H](C)NC(=O)CN(c2cccc(OC(C)C)c2)S(C)(=O)=O)cc1C(C)C. The molecule has 0 fully saturated rings. The minimum atomic E-state index is -3.69. The van der Waals surface area contributed by atoms with Gasteiger partial charge in [-0.3, -0.25) is 9.10 Å². The maximum absolute atomic E-state index is 12.9. The summed E-state index contributed by atoms with van der Waals surface area (Å²) >= 11 is 0. The third kappa shape index (κ3) is 7.12. The maximum Gasteiger partial charge on any atom is 0.241 e. The zero-order valence-corrected chi connectivity index (χ0v) is 21.6. The second kappa shape index (κ2) is 10.9. The van der Waals surface area contributed by atoms with Crippen molar-refractivity contribution >= 4 is 21.6 Å². The Balaban J connectivity index is 2.26. The molecule has 1 amide bonds. The van der Waals surface area contributed by atoms with Crippen LogP contribution in [0.1, 0.15) is 63.3 Å². The van der Waals surface area contributed by atoms with Gasteiger partial charge in [0.25, 0.3) is 0 Å². The van der Waals surface area contributed by atoms with E-state index in [0.717, 1.165) is 33.0 Å². The van der Waals surface area contributed by atoms with Crippen LogP contribution in [0.3, 0.4) is 0 Å². The first-order valence-electron chi connectivity index (χ1n) is 11.1. The summed E-state index contributed by atoms with van der Waals surface area (Å²) in [6, 6.07) is 10.4. The van der Waals surface area contributed by atoms with E-state index < -0.39 is 15.9 Å². The number of anilines is 1. The van der Waals surface area contributed by atoms with E-state index in [4.69, 9.17) is 9.47 Å². The number of hydrogen-bond acceptors (Lipinski definition) is 5. The molecule has 0 unspecified atom stereocenters. The van der Waals surface area contributed by atoms with E-state index in [1.807, 2.05) is 39.8 Å². The predicted octanol–water partition coefficient (Wildman–Crippen LogP) is 4.56. The topological polar surface area (TPSA) is 84.9 Å². The van der Waals surface area contributed by atoms with Crippen LogP contribution in [0.5, 0.6) is 11.5 Å². The van der Waals surface area contributed by atoms with Crippen LogP contribution >= 0.6 is 0 Å². The number of nitrogens with zero attached hydrogens (tertiary/aromatic N) is 1. The van der Waals surface area contributed by atoms with Crippen LogP contribution < -0.4 is 19.1 Å². The Labute approximate surface area is 198 Å². The van der Waals surface area contributed by atoms with Gasteiger partial charge in [-0.25, -0.2) is 8.42 Å². The summed E-state index contributed by atoms with van der Waals surface area (Å²) in [6.45, 7) is 11.5. The zero-order valence-electron chi connectivity index (χ0n) is 20.8. The molecule has 0 aromatic heterocycles. The maximum atomic E-state index is 12.9. The third-order valence-corrected chi connectivity index (χ3v) is 6.39. The molecule has 0 bridgehead atoms. The minimum Gasteiger partial charge on any atom is -0.496 e. The molecule has 7 nitrogen and oxygen atoms in total. The van der Waals surface area contributed by atoms with E-state index in [-0.39, 0.29) is 24.6 Å². The molecule has 8 heteroatoms. The van der Waals surface area contributed by atoms with Crippen LogP contribution in [0.4, 0.5) is 5.69 Å². The first-order chi connectivity index (χ1) is 15.3. The standard InChI is InChI=1S/C25H36N2O5S/c1-16(2)22-14-23(18(5)12-24(22)31-7)19(6)26-25(28)15-27(33(8,29)30)20-10-9-11-21(13-20)32-17(3)4/h9-14,16-17,19H,15H2,1-8H3,(H,26,28)/t19-/m0/s1. The van der Waals surface area contributed by atoms with Crippen molar-refractivity contribution in [2.75, 3.05) is 24.2 Å². The zero-order chi connectivity index (χ0) is 24.9. The van der Waals surface area contributed by atoms with Gasteiger partial charge in [-0.2, -0.15) is 0 Å². The highest BCUT2D eigenvalue weighted by molar-refractivity contribution is 7.92. The summed E-state index contributed by atoms with van der Waals surface area (Å²) in [5.41, 5.74) is 3.38. The van der Waals surface area contributed by atoms with E-state index in [2.05, 4.69) is 19.2 Å². The molecule has 33 heavy (non-hydrogen) atoms. The normalized spacial score (nSPS) is 12.5. The van der Waals surface area contributed by atoms with Gasteiger partial charge in [0.2, 0.25) is 15.9 Å². The van der Waals surface area contributed by atoms with Crippen LogP contribution in [0.15, 0.2) is 36.4 Å². The first-order valence-corrected chi connectivity index (χ1v) is 12.9. The number of hydrogen-bond donors (Lipinski definition) is 1. The number of nitrogens with one attached hydrogen (secondary N) is 1. The second-order valence-corrected chi connectivity index (χ2v) is 10.7. The molecule has 0 spiro atoms. The minimum absolute atomic E-state index is 0.0560. The Morgan fingerprint density at radius 2 is 1.73 bits per heavy atom. The molecule has 2 rings (SSSR count). The second-order valence-electron chi connectivity index (χ2n) is 8.83.